The topological polar surface area (TPSA) is 83.8 Å². The molecule has 0 aromatic heterocycles. The van der Waals surface area contributed by atoms with Gasteiger partial charge in [0, 0.05) is 0 Å². The molecule has 1 aliphatic rings. The van der Waals surface area contributed by atoms with Crippen LogP contribution in [0, 0.1) is 0 Å². The van der Waals surface area contributed by atoms with Crippen molar-refractivity contribution in [3.05, 3.63) is 11.5 Å². The van der Waals surface area contributed by atoms with Crippen molar-refractivity contribution < 1.29 is 24.5 Å². The first kappa shape index (κ1) is 10.1. The van der Waals surface area contributed by atoms with Crippen molar-refractivity contribution in [3.63, 3.8) is 0 Å². The average molecular weight is 204 g/mol. The first-order chi connectivity index (χ1) is 6.09. The maximum absolute atomic E-state index is 10.9. The zero-order valence-electron chi connectivity index (χ0n) is 6.54. The van der Waals surface area contributed by atoms with E-state index >= 15 is 0 Å². The Morgan fingerprint density at radius 3 is 2.62 bits per heavy atom. The average Bonchev–Trinajstić information content (AvgIpc) is 1.94. The van der Waals surface area contributed by atoms with Crippen LogP contribution in [-0.4, -0.2) is 33.7 Å². The standard InChI is InChI=1S/C7H8O5S/c8-4(3-5(9)10)7(11)12-6-1-2-13-6/h1-2,4,6,8H,3H2,(H,9,10). The number of hydrogen-bond donors (Lipinski definition) is 2. The lowest BCUT2D eigenvalue weighted by Crippen LogP contribution is -2.29. The molecule has 0 spiro atoms. The van der Waals surface area contributed by atoms with E-state index in [0.717, 1.165) is 0 Å². The van der Waals surface area contributed by atoms with Crippen LogP contribution < -0.4 is 0 Å². The van der Waals surface area contributed by atoms with Crippen molar-refractivity contribution in [3.8, 4) is 0 Å². The summed E-state index contributed by atoms with van der Waals surface area (Å²) in [5.74, 6) is -2.13. The van der Waals surface area contributed by atoms with Gasteiger partial charge in [-0.05, 0) is 11.5 Å². The van der Waals surface area contributed by atoms with E-state index in [1.54, 1.807) is 11.5 Å². The molecule has 6 heteroatoms. The lowest BCUT2D eigenvalue weighted by Gasteiger charge is -2.18. The van der Waals surface area contributed by atoms with Gasteiger partial charge in [-0.25, -0.2) is 4.79 Å². The number of carboxylic acid groups (broad SMARTS) is 1. The van der Waals surface area contributed by atoms with Gasteiger partial charge in [0.05, 0.1) is 6.42 Å². The summed E-state index contributed by atoms with van der Waals surface area (Å²) in [6.45, 7) is 0. The van der Waals surface area contributed by atoms with Crippen LogP contribution in [0.25, 0.3) is 0 Å². The molecule has 0 amide bonds. The summed E-state index contributed by atoms with van der Waals surface area (Å²) in [6, 6.07) is 0. The van der Waals surface area contributed by atoms with Gasteiger partial charge in [0.1, 0.15) is 0 Å². The summed E-state index contributed by atoms with van der Waals surface area (Å²) < 4.78 is 4.67. The molecule has 72 valence electrons. The predicted molar refractivity (Wildman–Crippen MR) is 44.9 cm³/mol. The highest BCUT2D eigenvalue weighted by Gasteiger charge is 2.24. The Labute approximate surface area is 78.4 Å². The number of esters is 1. The number of rotatable bonds is 4. The minimum absolute atomic E-state index is 0.379. The van der Waals surface area contributed by atoms with Crippen molar-refractivity contribution in [1.29, 1.82) is 0 Å². The van der Waals surface area contributed by atoms with Crippen LogP contribution >= 0.6 is 11.8 Å². The van der Waals surface area contributed by atoms with Gasteiger partial charge in [0.25, 0.3) is 0 Å². The molecular weight excluding hydrogens is 196 g/mol. The molecule has 0 aromatic carbocycles. The summed E-state index contributed by atoms with van der Waals surface area (Å²) in [4.78, 5) is 21.0. The zero-order chi connectivity index (χ0) is 9.84. The lowest BCUT2D eigenvalue weighted by atomic mass is 10.2. The van der Waals surface area contributed by atoms with Gasteiger partial charge >= 0.3 is 11.9 Å². The Balaban J connectivity index is 2.29. The molecular formula is C7H8O5S. The quantitative estimate of drug-likeness (QED) is 0.625. The Kier molecular flexibility index (Phi) is 3.32. The molecule has 0 aliphatic carbocycles. The lowest BCUT2D eigenvalue weighted by molar-refractivity contribution is -0.158. The first-order valence-electron chi connectivity index (χ1n) is 3.52. The number of aliphatic carboxylic acids is 1. The van der Waals surface area contributed by atoms with Crippen LogP contribution in [0.5, 0.6) is 0 Å². The van der Waals surface area contributed by atoms with Gasteiger partial charge in [-0.15, -0.1) is 0 Å². The third kappa shape index (κ3) is 3.08. The van der Waals surface area contributed by atoms with E-state index in [1.807, 2.05) is 0 Å². The van der Waals surface area contributed by atoms with Gasteiger partial charge < -0.3 is 14.9 Å². The number of thioether (sulfide) groups is 1. The van der Waals surface area contributed by atoms with E-state index in [9.17, 15) is 9.59 Å². The number of carboxylic acids is 1. The minimum atomic E-state index is -1.58. The molecule has 2 N–H and O–H groups in total. The van der Waals surface area contributed by atoms with Crippen molar-refractivity contribution in [1.82, 2.24) is 0 Å². The molecule has 2 unspecified atom stereocenters. The first-order valence-corrected chi connectivity index (χ1v) is 4.46. The van der Waals surface area contributed by atoms with Gasteiger partial charge in [-0.1, -0.05) is 11.8 Å². The summed E-state index contributed by atoms with van der Waals surface area (Å²) >= 11 is 1.29. The Hall–Kier alpha value is -1.01. The van der Waals surface area contributed by atoms with Gasteiger partial charge in [0.15, 0.2) is 11.5 Å². The number of hydrogen-bond acceptors (Lipinski definition) is 5. The van der Waals surface area contributed by atoms with E-state index < -0.39 is 24.5 Å². The van der Waals surface area contributed by atoms with E-state index in [-0.39, 0.29) is 5.44 Å². The van der Waals surface area contributed by atoms with E-state index in [0.29, 0.717) is 0 Å². The number of aliphatic hydroxyl groups excluding tert-OH is 1. The third-order valence-corrected chi connectivity index (χ3v) is 2.16. The largest absolute Gasteiger partial charge is 0.481 e. The van der Waals surface area contributed by atoms with Crippen molar-refractivity contribution in [2.24, 2.45) is 0 Å². The fraction of sp³-hybridized carbons (Fsp3) is 0.429. The van der Waals surface area contributed by atoms with Crippen LogP contribution in [0.1, 0.15) is 6.42 Å². The number of carbonyl (C=O) groups excluding carboxylic acids is 1. The van der Waals surface area contributed by atoms with Crippen molar-refractivity contribution in [2.75, 3.05) is 0 Å². The Morgan fingerprint density at radius 2 is 2.23 bits per heavy atom. The molecule has 5 nitrogen and oxygen atoms in total. The summed E-state index contributed by atoms with van der Waals surface area (Å²) in [7, 11) is 0. The van der Waals surface area contributed by atoms with Crippen LogP contribution in [-0.2, 0) is 14.3 Å². The fourth-order valence-corrected chi connectivity index (χ4v) is 1.09. The van der Waals surface area contributed by atoms with Crippen molar-refractivity contribution >= 4 is 23.7 Å². The number of carbonyl (C=O) groups is 2. The maximum atomic E-state index is 10.9. The van der Waals surface area contributed by atoms with Crippen LogP contribution in [0.15, 0.2) is 11.5 Å². The van der Waals surface area contributed by atoms with Crippen LogP contribution in [0.4, 0.5) is 0 Å². The molecule has 1 rings (SSSR count). The molecule has 0 fully saturated rings. The van der Waals surface area contributed by atoms with Crippen LogP contribution in [0.3, 0.4) is 0 Å². The molecule has 2 atom stereocenters. The maximum Gasteiger partial charge on any atom is 0.337 e. The normalized spacial score (nSPS) is 21.8. The van der Waals surface area contributed by atoms with E-state index in [2.05, 4.69) is 4.74 Å². The highest BCUT2D eigenvalue weighted by atomic mass is 32.2. The second-order valence-electron chi connectivity index (χ2n) is 2.38. The highest BCUT2D eigenvalue weighted by Crippen LogP contribution is 2.25. The van der Waals surface area contributed by atoms with Crippen molar-refractivity contribution in [2.45, 2.75) is 18.0 Å². The smallest absolute Gasteiger partial charge is 0.337 e. The third-order valence-electron chi connectivity index (χ3n) is 1.32. The summed E-state index contributed by atoms with van der Waals surface area (Å²) in [5.41, 5.74) is -0.379. The van der Waals surface area contributed by atoms with Crippen LogP contribution in [0.2, 0.25) is 0 Å². The monoisotopic (exact) mass is 204 g/mol. The Morgan fingerprint density at radius 1 is 1.62 bits per heavy atom. The molecule has 0 radical (unpaired) electrons. The fourth-order valence-electron chi connectivity index (χ4n) is 0.652. The van der Waals surface area contributed by atoms with Gasteiger partial charge in [-0.2, -0.15) is 0 Å². The molecule has 13 heavy (non-hydrogen) atoms. The summed E-state index contributed by atoms with van der Waals surface area (Å²) in [5, 5.41) is 19.0. The molecule has 0 bridgehead atoms. The minimum Gasteiger partial charge on any atom is -0.481 e. The second-order valence-corrected chi connectivity index (χ2v) is 3.39. The van der Waals surface area contributed by atoms with Gasteiger partial charge in [-0.3, -0.25) is 4.79 Å². The second kappa shape index (κ2) is 4.29. The van der Waals surface area contributed by atoms with E-state index in [1.165, 1.54) is 11.8 Å². The molecule has 1 aliphatic heterocycles. The zero-order valence-corrected chi connectivity index (χ0v) is 7.36. The molecule has 0 saturated carbocycles. The summed E-state index contributed by atoms with van der Waals surface area (Å²) in [6.07, 6.45) is -0.567. The number of ether oxygens (including phenoxy) is 1. The molecule has 1 heterocycles. The Bertz CT molecular complexity index is 249. The van der Waals surface area contributed by atoms with E-state index in [4.69, 9.17) is 10.2 Å². The molecule has 0 saturated heterocycles. The predicted octanol–water partition coefficient (Wildman–Crippen LogP) is -0.0482. The SMILES string of the molecule is O=C(O)CC(O)C(=O)OC1C=CS1. The number of aliphatic hydroxyl groups is 1. The highest BCUT2D eigenvalue weighted by molar-refractivity contribution is 8.04. The molecule has 0 aromatic rings. The van der Waals surface area contributed by atoms with Gasteiger partial charge in [0.2, 0.25) is 0 Å².